The molecular weight excluding hydrogens is 671 g/mol. The van der Waals surface area contributed by atoms with E-state index in [-0.39, 0.29) is 21.4 Å². The van der Waals surface area contributed by atoms with Gasteiger partial charge in [0, 0.05) is 25.8 Å². The summed E-state index contributed by atoms with van der Waals surface area (Å²) >= 11 is 9.66. The molecule has 3 aromatic rings. The molecule has 184 valence electrons. The molecule has 3 rings (SSSR count). The van der Waals surface area contributed by atoms with Crippen molar-refractivity contribution in [3.8, 4) is 5.82 Å². The van der Waals surface area contributed by atoms with Crippen molar-refractivity contribution in [2.24, 2.45) is 0 Å². The predicted molar refractivity (Wildman–Crippen MR) is 129 cm³/mol. The van der Waals surface area contributed by atoms with Crippen LogP contribution in [-0.2, 0) is 10.9 Å². The van der Waals surface area contributed by atoms with E-state index < -0.39 is 35.5 Å². The van der Waals surface area contributed by atoms with Crippen LogP contribution in [0.25, 0.3) is 5.82 Å². The average Bonchev–Trinajstić information content (AvgIpc) is 3.19. The molecule has 0 aliphatic carbocycles. The number of pyridine rings is 1. The number of methoxy groups -OCH3 is 1. The zero-order chi connectivity index (χ0) is 25.9. The van der Waals surface area contributed by atoms with E-state index in [0.29, 0.717) is 8.95 Å². The SMILES string of the molecule is COC(=O)NNC(=O)c1cc(Br)cc(Br)c1NC(=O)c1cc(Br)cn1-c1ncccc1C(F)(F)F. The number of alkyl halides is 3. The third-order valence-corrected chi connectivity index (χ3v) is 5.86. The summed E-state index contributed by atoms with van der Waals surface area (Å²) in [5.74, 6) is -2.16. The van der Waals surface area contributed by atoms with Crippen molar-refractivity contribution in [2.75, 3.05) is 12.4 Å². The van der Waals surface area contributed by atoms with Crippen LogP contribution in [0.1, 0.15) is 26.4 Å². The second-order valence-corrected chi connectivity index (χ2v) is 9.31. The number of anilines is 1. The molecule has 3 amide bonds. The topological polar surface area (TPSA) is 114 Å². The highest BCUT2D eigenvalue weighted by Crippen LogP contribution is 2.35. The van der Waals surface area contributed by atoms with Crippen LogP contribution in [-0.4, -0.2) is 34.6 Å². The molecule has 2 aromatic heterocycles. The summed E-state index contributed by atoms with van der Waals surface area (Å²) in [5.41, 5.74) is 2.79. The first-order valence-electron chi connectivity index (χ1n) is 9.27. The van der Waals surface area contributed by atoms with Crippen LogP contribution in [0.2, 0.25) is 0 Å². The van der Waals surface area contributed by atoms with Crippen LogP contribution in [0.15, 0.2) is 56.1 Å². The minimum atomic E-state index is -4.72. The Morgan fingerprint density at radius 1 is 1.03 bits per heavy atom. The predicted octanol–water partition coefficient (Wildman–Crippen LogP) is 5.43. The highest BCUT2D eigenvalue weighted by Gasteiger charge is 2.35. The number of benzene rings is 1. The molecule has 0 saturated heterocycles. The van der Waals surface area contributed by atoms with Crippen LogP contribution in [0.3, 0.4) is 0 Å². The van der Waals surface area contributed by atoms with Gasteiger partial charge in [-0.25, -0.2) is 15.2 Å². The van der Waals surface area contributed by atoms with Crippen LogP contribution < -0.4 is 16.2 Å². The van der Waals surface area contributed by atoms with E-state index in [9.17, 15) is 27.6 Å². The van der Waals surface area contributed by atoms with E-state index in [1.807, 2.05) is 5.43 Å². The number of carbonyl (C=O) groups excluding carboxylic acids is 3. The highest BCUT2D eigenvalue weighted by atomic mass is 79.9. The summed E-state index contributed by atoms with van der Waals surface area (Å²) in [7, 11) is 1.10. The minimum absolute atomic E-state index is 0.0108. The molecule has 15 heteroatoms. The van der Waals surface area contributed by atoms with Crippen molar-refractivity contribution >= 4 is 71.4 Å². The maximum Gasteiger partial charge on any atom is 0.425 e. The third kappa shape index (κ3) is 6.21. The molecule has 0 radical (unpaired) electrons. The highest BCUT2D eigenvalue weighted by molar-refractivity contribution is 9.11. The van der Waals surface area contributed by atoms with Crippen molar-refractivity contribution in [3.63, 3.8) is 0 Å². The first-order chi connectivity index (χ1) is 16.4. The largest absolute Gasteiger partial charge is 0.452 e. The number of nitrogens with zero attached hydrogens (tertiary/aromatic N) is 2. The zero-order valence-corrected chi connectivity index (χ0v) is 22.1. The lowest BCUT2D eigenvalue weighted by molar-refractivity contribution is -0.137. The van der Waals surface area contributed by atoms with Crippen molar-refractivity contribution in [1.29, 1.82) is 0 Å². The number of carbonyl (C=O) groups is 3. The van der Waals surface area contributed by atoms with Crippen molar-refractivity contribution in [2.45, 2.75) is 6.18 Å². The molecule has 3 N–H and O–H groups in total. The Kier molecular flexibility index (Phi) is 8.22. The van der Waals surface area contributed by atoms with Crippen LogP contribution in [0.5, 0.6) is 0 Å². The Morgan fingerprint density at radius 2 is 1.74 bits per heavy atom. The summed E-state index contributed by atoms with van der Waals surface area (Å²) in [6.45, 7) is 0. The smallest absolute Gasteiger partial charge is 0.425 e. The lowest BCUT2D eigenvalue weighted by atomic mass is 10.1. The molecule has 0 atom stereocenters. The molecule has 0 unspecified atom stereocenters. The van der Waals surface area contributed by atoms with Crippen molar-refractivity contribution in [1.82, 2.24) is 20.4 Å². The van der Waals surface area contributed by atoms with E-state index in [2.05, 4.69) is 68.3 Å². The van der Waals surface area contributed by atoms with Gasteiger partial charge in [0.25, 0.3) is 11.8 Å². The van der Waals surface area contributed by atoms with Crippen molar-refractivity contribution < 1.29 is 32.3 Å². The van der Waals surface area contributed by atoms with Gasteiger partial charge >= 0.3 is 12.3 Å². The van der Waals surface area contributed by atoms with Crippen molar-refractivity contribution in [3.05, 3.63) is 73.0 Å². The normalized spacial score (nSPS) is 11.1. The molecule has 0 fully saturated rings. The quantitative estimate of drug-likeness (QED) is 0.318. The Hall–Kier alpha value is -2.91. The van der Waals surface area contributed by atoms with Crippen LogP contribution in [0.4, 0.5) is 23.7 Å². The minimum Gasteiger partial charge on any atom is -0.452 e. The fraction of sp³-hybridized carbons (Fsp3) is 0.100. The number of rotatable bonds is 4. The zero-order valence-electron chi connectivity index (χ0n) is 17.3. The van der Waals surface area contributed by atoms with E-state index >= 15 is 0 Å². The molecule has 1 aromatic carbocycles. The van der Waals surface area contributed by atoms with Gasteiger partial charge in [-0.1, -0.05) is 15.9 Å². The van der Waals surface area contributed by atoms with E-state index in [1.54, 1.807) is 0 Å². The van der Waals surface area contributed by atoms with Gasteiger partial charge < -0.3 is 10.1 Å². The summed E-state index contributed by atoms with van der Waals surface area (Å²) in [6.07, 6.45) is -3.23. The number of nitrogens with one attached hydrogen (secondary N) is 3. The summed E-state index contributed by atoms with van der Waals surface area (Å²) in [5, 5.41) is 2.52. The van der Waals surface area contributed by atoms with E-state index in [4.69, 9.17) is 0 Å². The Balaban J connectivity index is 2.02. The second-order valence-electron chi connectivity index (χ2n) is 6.62. The molecule has 9 nitrogen and oxygen atoms in total. The van der Waals surface area contributed by atoms with Gasteiger partial charge in [0.15, 0.2) is 0 Å². The Labute approximate surface area is 220 Å². The number of hydrazine groups is 1. The Morgan fingerprint density at radius 3 is 2.40 bits per heavy atom. The third-order valence-electron chi connectivity index (χ3n) is 4.34. The molecule has 0 saturated carbocycles. The number of hydrogen-bond acceptors (Lipinski definition) is 5. The lowest BCUT2D eigenvalue weighted by Gasteiger charge is -2.16. The molecular formula is C20H13Br3F3N5O4. The van der Waals surface area contributed by atoms with Gasteiger partial charge in [0.2, 0.25) is 0 Å². The fourth-order valence-corrected chi connectivity index (χ4v) is 4.62. The molecule has 0 aliphatic heterocycles. The molecule has 35 heavy (non-hydrogen) atoms. The maximum absolute atomic E-state index is 13.5. The summed E-state index contributed by atoms with van der Waals surface area (Å²) in [6, 6.07) is 6.19. The van der Waals surface area contributed by atoms with Crippen LogP contribution in [0, 0.1) is 0 Å². The van der Waals surface area contributed by atoms with Gasteiger partial charge in [-0.2, -0.15) is 13.2 Å². The van der Waals surface area contributed by atoms with Gasteiger partial charge in [-0.05, 0) is 62.2 Å². The van der Waals surface area contributed by atoms with Gasteiger partial charge in [-0.15, -0.1) is 0 Å². The number of aromatic nitrogens is 2. The van der Waals surface area contributed by atoms with Gasteiger partial charge in [0.05, 0.1) is 23.9 Å². The van der Waals surface area contributed by atoms with Gasteiger partial charge in [0.1, 0.15) is 11.5 Å². The number of amides is 3. The van der Waals surface area contributed by atoms with E-state index in [0.717, 1.165) is 23.8 Å². The monoisotopic (exact) mass is 681 g/mol. The van der Waals surface area contributed by atoms with Crippen LogP contribution >= 0.6 is 47.8 Å². The summed E-state index contributed by atoms with van der Waals surface area (Å²) < 4.78 is 47.1. The molecule has 0 spiro atoms. The molecule has 2 heterocycles. The fourth-order valence-electron chi connectivity index (χ4n) is 2.87. The summed E-state index contributed by atoms with van der Waals surface area (Å²) in [4.78, 5) is 40.9. The number of hydrogen-bond donors (Lipinski definition) is 3. The average molecular weight is 684 g/mol. The molecule has 0 aliphatic rings. The number of halogens is 6. The standard InChI is InChI=1S/C20H13Br3F3N5O4/c1-35-19(34)30-29-17(32)11-5-9(21)6-13(23)15(11)28-18(33)14-7-10(22)8-31(14)16-12(20(24,25)26)3-2-4-27-16/h2-8H,1H3,(H,28,33)(H,29,32)(H,30,34). The molecule has 0 bridgehead atoms. The first kappa shape index (κ1) is 26.7. The maximum atomic E-state index is 13.5. The second kappa shape index (κ2) is 10.8. The van der Waals surface area contributed by atoms with E-state index in [1.165, 1.54) is 30.6 Å². The first-order valence-corrected chi connectivity index (χ1v) is 11.7. The Bertz CT molecular complexity index is 1310. The number of ether oxygens (including phenoxy) is 1. The van der Waals surface area contributed by atoms with Gasteiger partial charge in [-0.3, -0.25) is 19.6 Å². The lowest BCUT2D eigenvalue weighted by Crippen LogP contribution is -2.41.